The Morgan fingerprint density at radius 2 is 2.00 bits per heavy atom. The van der Waals surface area contributed by atoms with Crippen molar-refractivity contribution in [1.82, 2.24) is 14.8 Å². The number of fused-ring (bicyclic) bond motifs is 1. The molecule has 0 spiro atoms. The molecular formula is C25H30F2N4O. The fraction of sp³-hybridized carbons (Fsp3) is 0.560. The molecule has 7 heteroatoms. The highest BCUT2D eigenvalue weighted by atomic mass is 19.3. The van der Waals surface area contributed by atoms with Crippen LogP contribution in [0.4, 0.5) is 8.78 Å². The molecule has 0 saturated carbocycles. The second-order valence-corrected chi connectivity index (χ2v) is 9.91. The van der Waals surface area contributed by atoms with Crippen LogP contribution in [0.2, 0.25) is 0 Å². The molecule has 0 radical (unpaired) electrons. The first-order valence-corrected chi connectivity index (χ1v) is 11.6. The van der Waals surface area contributed by atoms with Crippen LogP contribution in [0.5, 0.6) is 0 Å². The van der Waals surface area contributed by atoms with Gasteiger partial charge in [-0.15, -0.1) is 0 Å². The minimum atomic E-state index is -2.81. The van der Waals surface area contributed by atoms with E-state index in [0.717, 1.165) is 22.9 Å². The van der Waals surface area contributed by atoms with Crippen LogP contribution < -0.4 is 0 Å². The Bertz CT molecular complexity index is 1050. The number of halogens is 2. The lowest BCUT2D eigenvalue weighted by atomic mass is 9.82. The zero-order chi connectivity index (χ0) is 22.5. The first-order valence-electron chi connectivity index (χ1n) is 11.6. The molecule has 5 nitrogen and oxygen atoms in total. The molecule has 1 unspecified atom stereocenters. The Morgan fingerprint density at radius 3 is 2.75 bits per heavy atom. The van der Waals surface area contributed by atoms with Gasteiger partial charge in [-0.3, -0.25) is 14.8 Å². The summed E-state index contributed by atoms with van der Waals surface area (Å²) < 4.78 is 29.0. The van der Waals surface area contributed by atoms with Gasteiger partial charge in [-0.05, 0) is 44.0 Å². The largest absolute Gasteiger partial charge is 0.342 e. The molecule has 1 amide bonds. The molecule has 0 bridgehead atoms. The third-order valence-corrected chi connectivity index (χ3v) is 7.26. The Kier molecular flexibility index (Phi) is 5.48. The van der Waals surface area contributed by atoms with Gasteiger partial charge in [0, 0.05) is 54.7 Å². The second kappa shape index (κ2) is 8.18. The van der Waals surface area contributed by atoms with Crippen molar-refractivity contribution >= 4 is 23.0 Å². The number of hydrogen-bond donors (Lipinski definition) is 0. The molecule has 2 saturated heterocycles. The number of alkyl halides is 2. The topological polar surface area (TPSA) is 48.8 Å². The van der Waals surface area contributed by atoms with E-state index in [1.165, 1.54) is 5.56 Å². The number of amides is 1. The van der Waals surface area contributed by atoms with Crippen LogP contribution in [-0.2, 0) is 4.79 Å². The number of piperidine rings is 2. The van der Waals surface area contributed by atoms with Crippen molar-refractivity contribution < 1.29 is 13.6 Å². The molecule has 4 heterocycles. The van der Waals surface area contributed by atoms with Crippen LogP contribution in [0.25, 0.3) is 10.9 Å². The summed E-state index contributed by atoms with van der Waals surface area (Å²) >= 11 is 0. The number of nitrogens with zero attached hydrogens (tertiary/aromatic N) is 4. The van der Waals surface area contributed by atoms with Gasteiger partial charge < -0.3 is 9.80 Å². The van der Waals surface area contributed by atoms with Crippen LogP contribution in [0.15, 0.2) is 35.5 Å². The molecule has 0 N–H and O–H groups in total. The predicted octanol–water partition coefficient (Wildman–Crippen LogP) is 4.29. The third kappa shape index (κ3) is 4.15. The van der Waals surface area contributed by atoms with E-state index in [1.807, 2.05) is 17.2 Å². The van der Waals surface area contributed by atoms with E-state index in [-0.39, 0.29) is 30.8 Å². The maximum absolute atomic E-state index is 14.5. The Hall–Kier alpha value is -2.41. The van der Waals surface area contributed by atoms with Crippen LogP contribution in [0.1, 0.15) is 49.3 Å². The SMILES string of the molecule is C[C@@H]1C[C@H](c2ccc(C3C=N3)c3ncccc23)CN(C(=O)C[C@H]2CCN(C)CC2(F)F)C1. The number of hydrogen-bond acceptors (Lipinski definition) is 4. The highest BCUT2D eigenvalue weighted by Gasteiger charge is 2.45. The van der Waals surface area contributed by atoms with Crippen molar-refractivity contribution in [1.29, 1.82) is 0 Å². The lowest BCUT2D eigenvalue weighted by Crippen LogP contribution is -2.49. The fourth-order valence-electron chi connectivity index (χ4n) is 5.54. The van der Waals surface area contributed by atoms with Crippen molar-refractivity contribution in [2.45, 2.75) is 44.1 Å². The number of benzene rings is 1. The van der Waals surface area contributed by atoms with Gasteiger partial charge in [-0.25, -0.2) is 8.78 Å². The summed E-state index contributed by atoms with van der Waals surface area (Å²) in [5.74, 6) is -3.34. The van der Waals surface area contributed by atoms with E-state index in [1.54, 1.807) is 18.1 Å². The van der Waals surface area contributed by atoms with Gasteiger partial charge in [0.15, 0.2) is 0 Å². The van der Waals surface area contributed by atoms with Crippen LogP contribution in [-0.4, -0.2) is 66.1 Å². The highest BCUT2D eigenvalue weighted by molar-refractivity contribution is 5.92. The lowest BCUT2D eigenvalue weighted by molar-refractivity contribution is -0.145. The van der Waals surface area contributed by atoms with E-state index in [4.69, 9.17) is 0 Å². The molecule has 5 rings (SSSR count). The monoisotopic (exact) mass is 440 g/mol. The minimum absolute atomic E-state index is 0.0689. The summed E-state index contributed by atoms with van der Waals surface area (Å²) in [4.78, 5) is 25.5. The second-order valence-electron chi connectivity index (χ2n) is 9.91. The van der Waals surface area contributed by atoms with Gasteiger partial charge in [0.2, 0.25) is 5.91 Å². The first kappa shape index (κ1) is 21.4. The van der Waals surface area contributed by atoms with Crippen molar-refractivity contribution in [2.24, 2.45) is 16.8 Å². The average Bonchev–Trinajstić information content (AvgIpc) is 3.59. The molecule has 32 heavy (non-hydrogen) atoms. The van der Waals surface area contributed by atoms with Gasteiger partial charge in [-0.2, -0.15) is 0 Å². The van der Waals surface area contributed by atoms with Crippen LogP contribution in [0, 0.1) is 11.8 Å². The van der Waals surface area contributed by atoms with E-state index in [0.29, 0.717) is 32.0 Å². The maximum atomic E-state index is 14.5. The summed E-state index contributed by atoms with van der Waals surface area (Å²) in [5.41, 5.74) is 3.27. The van der Waals surface area contributed by atoms with E-state index >= 15 is 0 Å². The van der Waals surface area contributed by atoms with Crippen molar-refractivity contribution in [2.75, 3.05) is 33.2 Å². The van der Waals surface area contributed by atoms with E-state index < -0.39 is 11.8 Å². The number of rotatable bonds is 4. The molecule has 3 aliphatic heterocycles. The molecule has 4 atom stereocenters. The Morgan fingerprint density at radius 1 is 1.22 bits per heavy atom. The standard InChI is InChI=1S/C25H30F2N4O/c1-16-10-17(19-5-6-21(22-12-29-22)24-20(19)4-3-8-28-24)14-31(13-16)23(32)11-18-7-9-30(2)15-25(18,26)27/h3-6,8,12,16-18,22H,7,9-11,13-15H2,1-2H3/t16-,17+,18-,22?/m1/s1. The molecule has 2 fully saturated rings. The van der Waals surface area contributed by atoms with Gasteiger partial charge in [0.25, 0.3) is 5.92 Å². The average molecular weight is 441 g/mol. The molecule has 1 aromatic carbocycles. The van der Waals surface area contributed by atoms with Crippen molar-refractivity contribution in [3.8, 4) is 0 Å². The summed E-state index contributed by atoms with van der Waals surface area (Å²) in [6, 6.07) is 8.42. The molecule has 1 aromatic heterocycles. The van der Waals surface area contributed by atoms with Gasteiger partial charge in [-0.1, -0.05) is 25.1 Å². The summed E-state index contributed by atoms with van der Waals surface area (Å²) in [5, 5.41) is 1.11. The lowest BCUT2D eigenvalue weighted by Gasteiger charge is -2.40. The summed E-state index contributed by atoms with van der Waals surface area (Å²) in [6.07, 6.45) is 4.99. The molecule has 0 aliphatic carbocycles. The zero-order valence-corrected chi connectivity index (χ0v) is 18.7. The molecule has 3 aliphatic rings. The van der Waals surface area contributed by atoms with Crippen molar-refractivity contribution in [3.63, 3.8) is 0 Å². The summed E-state index contributed by atoms with van der Waals surface area (Å²) in [6.45, 7) is 3.70. The number of aliphatic imine (C=N–C) groups is 1. The normalized spacial score (nSPS) is 29.9. The minimum Gasteiger partial charge on any atom is -0.342 e. The number of likely N-dealkylation sites (tertiary alicyclic amines) is 2. The third-order valence-electron chi connectivity index (χ3n) is 7.26. The first-order chi connectivity index (χ1) is 15.3. The highest BCUT2D eigenvalue weighted by Crippen LogP contribution is 2.39. The summed E-state index contributed by atoms with van der Waals surface area (Å²) in [7, 11) is 1.71. The number of aromatic nitrogens is 1. The smallest absolute Gasteiger partial charge is 0.263 e. The van der Waals surface area contributed by atoms with E-state index in [9.17, 15) is 13.6 Å². The van der Waals surface area contributed by atoms with Gasteiger partial charge >= 0.3 is 0 Å². The van der Waals surface area contributed by atoms with Crippen molar-refractivity contribution in [3.05, 3.63) is 41.6 Å². The molecule has 2 aromatic rings. The molecular weight excluding hydrogens is 410 g/mol. The Balaban J connectivity index is 1.36. The van der Waals surface area contributed by atoms with Crippen LogP contribution in [0.3, 0.4) is 0 Å². The van der Waals surface area contributed by atoms with Crippen LogP contribution >= 0.6 is 0 Å². The van der Waals surface area contributed by atoms with E-state index in [2.05, 4.69) is 35.1 Å². The molecule has 170 valence electrons. The van der Waals surface area contributed by atoms with Gasteiger partial charge in [0.1, 0.15) is 6.04 Å². The number of carbonyl (C=O) groups is 1. The Labute approximate surface area is 187 Å². The quantitative estimate of drug-likeness (QED) is 0.713. The number of carbonyl (C=O) groups excluding carboxylic acids is 1. The van der Waals surface area contributed by atoms with Gasteiger partial charge in [0.05, 0.1) is 12.1 Å². The predicted molar refractivity (Wildman–Crippen MR) is 121 cm³/mol. The maximum Gasteiger partial charge on any atom is 0.263 e. The zero-order valence-electron chi connectivity index (χ0n) is 18.7. The number of pyridine rings is 1. The fourth-order valence-corrected chi connectivity index (χ4v) is 5.54.